The molecular weight excluding hydrogens is 208 g/mol. The first-order chi connectivity index (χ1) is 7.06. The molecule has 0 bridgehead atoms. The molecule has 0 aliphatic rings. The first-order valence-electron chi connectivity index (χ1n) is 4.28. The maximum atomic E-state index is 10.7. The highest BCUT2D eigenvalue weighted by Crippen LogP contribution is 1.88. The van der Waals surface area contributed by atoms with E-state index in [2.05, 4.69) is 14.2 Å². The van der Waals surface area contributed by atoms with Crippen LogP contribution in [-0.4, -0.2) is 54.9 Å². The molecule has 0 aliphatic heterocycles. The Morgan fingerprint density at radius 2 is 1.87 bits per heavy atom. The monoisotopic (exact) mass is 222 g/mol. The number of hydrogen-bond acceptors (Lipinski definition) is 7. The van der Waals surface area contributed by atoms with E-state index in [-0.39, 0.29) is 13.2 Å². The predicted octanol–water partition coefficient (Wildman–Crippen LogP) is -1.58. The van der Waals surface area contributed by atoms with Gasteiger partial charge in [-0.15, -0.1) is 0 Å². The molecule has 15 heavy (non-hydrogen) atoms. The van der Waals surface area contributed by atoms with E-state index in [1.54, 1.807) is 0 Å². The van der Waals surface area contributed by atoms with Crippen molar-refractivity contribution in [1.29, 1.82) is 0 Å². The third-order valence-corrected chi connectivity index (χ3v) is 1.10. The number of carbonyl (C=O) groups is 2. The summed E-state index contributed by atoms with van der Waals surface area (Å²) in [6, 6.07) is 0. The van der Waals surface area contributed by atoms with Crippen molar-refractivity contribution in [3.05, 3.63) is 0 Å². The summed E-state index contributed by atoms with van der Waals surface area (Å²) in [6.45, 7) is 0.0393. The van der Waals surface area contributed by atoms with Gasteiger partial charge in [-0.25, -0.2) is 9.59 Å². The standard InChI is InChI=1S/C8H14O7/c1-6(10)15-8(12)5-13-4-7(11)14-3-2-9/h6,9-10H,2-5H2,1H3. The highest BCUT2D eigenvalue weighted by Gasteiger charge is 2.08. The summed E-state index contributed by atoms with van der Waals surface area (Å²) in [4.78, 5) is 21.5. The van der Waals surface area contributed by atoms with E-state index >= 15 is 0 Å². The van der Waals surface area contributed by atoms with Crippen LogP contribution in [0.25, 0.3) is 0 Å². The first kappa shape index (κ1) is 13.8. The fourth-order valence-electron chi connectivity index (χ4n) is 0.643. The molecule has 2 N–H and O–H groups in total. The van der Waals surface area contributed by atoms with Gasteiger partial charge in [0.1, 0.15) is 19.8 Å². The van der Waals surface area contributed by atoms with E-state index in [4.69, 9.17) is 10.2 Å². The van der Waals surface area contributed by atoms with E-state index in [1.807, 2.05) is 0 Å². The predicted molar refractivity (Wildman–Crippen MR) is 46.6 cm³/mol. The van der Waals surface area contributed by atoms with Gasteiger partial charge < -0.3 is 24.4 Å². The van der Waals surface area contributed by atoms with Crippen molar-refractivity contribution in [2.24, 2.45) is 0 Å². The molecule has 1 atom stereocenters. The summed E-state index contributed by atoms with van der Waals surface area (Å²) >= 11 is 0. The minimum Gasteiger partial charge on any atom is -0.462 e. The zero-order valence-electron chi connectivity index (χ0n) is 8.34. The van der Waals surface area contributed by atoms with E-state index in [1.165, 1.54) is 6.92 Å². The molecule has 1 unspecified atom stereocenters. The van der Waals surface area contributed by atoms with Gasteiger partial charge in [0.15, 0.2) is 6.29 Å². The second-order valence-electron chi connectivity index (χ2n) is 2.53. The lowest BCUT2D eigenvalue weighted by Gasteiger charge is -2.07. The van der Waals surface area contributed by atoms with Crippen LogP contribution in [0.15, 0.2) is 0 Å². The number of aliphatic hydroxyl groups excluding tert-OH is 2. The summed E-state index contributed by atoms with van der Waals surface area (Å²) < 4.78 is 13.4. The molecule has 0 aromatic carbocycles. The third kappa shape index (κ3) is 9.13. The normalized spacial score (nSPS) is 11.9. The van der Waals surface area contributed by atoms with Crippen molar-refractivity contribution in [1.82, 2.24) is 0 Å². The average Bonchev–Trinajstić information content (AvgIpc) is 2.13. The van der Waals surface area contributed by atoms with Crippen LogP contribution in [0, 0.1) is 0 Å². The van der Waals surface area contributed by atoms with Crippen molar-refractivity contribution < 1.29 is 34.0 Å². The van der Waals surface area contributed by atoms with Gasteiger partial charge in [0.25, 0.3) is 0 Å². The van der Waals surface area contributed by atoms with Crippen molar-refractivity contribution >= 4 is 11.9 Å². The van der Waals surface area contributed by atoms with Crippen LogP contribution >= 0.6 is 0 Å². The lowest BCUT2D eigenvalue weighted by Crippen LogP contribution is -2.22. The largest absolute Gasteiger partial charge is 0.462 e. The van der Waals surface area contributed by atoms with Gasteiger partial charge in [-0.1, -0.05) is 0 Å². The second-order valence-corrected chi connectivity index (χ2v) is 2.53. The van der Waals surface area contributed by atoms with E-state index in [0.717, 1.165) is 0 Å². The quantitative estimate of drug-likeness (QED) is 0.396. The molecule has 0 fully saturated rings. The van der Waals surface area contributed by atoms with Crippen molar-refractivity contribution in [2.75, 3.05) is 26.4 Å². The summed E-state index contributed by atoms with van der Waals surface area (Å²) in [5.41, 5.74) is 0. The summed E-state index contributed by atoms with van der Waals surface area (Å²) in [6.07, 6.45) is -1.21. The minimum atomic E-state index is -1.21. The second kappa shape index (κ2) is 8.16. The van der Waals surface area contributed by atoms with E-state index < -0.39 is 31.4 Å². The van der Waals surface area contributed by atoms with Crippen LogP contribution < -0.4 is 0 Å². The van der Waals surface area contributed by atoms with Crippen LogP contribution in [0.3, 0.4) is 0 Å². The van der Waals surface area contributed by atoms with Gasteiger partial charge in [-0.2, -0.15) is 0 Å². The Morgan fingerprint density at radius 3 is 2.40 bits per heavy atom. The number of ether oxygens (including phenoxy) is 3. The van der Waals surface area contributed by atoms with Crippen LogP contribution in [-0.2, 0) is 23.8 Å². The molecule has 88 valence electrons. The zero-order valence-corrected chi connectivity index (χ0v) is 8.34. The molecule has 7 heteroatoms. The topological polar surface area (TPSA) is 102 Å². The number of carbonyl (C=O) groups excluding carboxylic acids is 2. The molecule has 0 radical (unpaired) electrons. The lowest BCUT2D eigenvalue weighted by molar-refractivity contribution is -0.171. The molecule has 0 aromatic heterocycles. The molecule has 7 nitrogen and oxygen atoms in total. The maximum Gasteiger partial charge on any atom is 0.334 e. The van der Waals surface area contributed by atoms with Crippen LogP contribution in [0.5, 0.6) is 0 Å². The molecule has 0 aromatic rings. The van der Waals surface area contributed by atoms with Gasteiger partial charge in [-0.3, -0.25) is 0 Å². The van der Waals surface area contributed by atoms with Crippen LogP contribution in [0.2, 0.25) is 0 Å². The summed E-state index contributed by atoms with van der Waals surface area (Å²) in [5, 5.41) is 16.9. The zero-order chi connectivity index (χ0) is 11.7. The van der Waals surface area contributed by atoms with Crippen LogP contribution in [0.1, 0.15) is 6.92 Å². The van der Waals surface area contributed by atoms with Gasteiger partial charge in [0.05, 0.1) is 6.61 Å². The number of rotatable bonds is 7. The molecule has 0 heterocycles. The molecular formula is C8H14O7. The van der Waals surface area contributed by atoms with Crippen molar-refractivity contribution in [3.8, 4) is 0 Å². The number of esters is 2. The summed E-state index contributed by atoms with van der Waals surface area (Å²) in [7, 11) is 0. The maximum absolute atomic E-state index is 10.7. The Balaban J connectivity index is 3.44. The Bertz CT molecular complexity index is 201. The fraction of sp³-hybridized carbons (Fsp3) is 0.750. The van der Waals surface area contributed by atoms with E-state index in [0.29, 0.717) is 0 Å². The Labute approximate surface area is 86.5 Å². The Hall–Kier alpha value is -1.18. The van der Waals surface area contributed by atoms with Crippen molar-refractivity contribution in [2.45, 2.75) is 13.2 Å². The highest BCUT2D eigenvalue weighted by atomic mass is 16.6. The molecule has 0 spiro atoms. The lowest BCUT2D eigenvalue weighted by atomic mass is 10.6. The first-order valence-corrected chi connectivity index (χ1v) is 4.28. The molecule has 0 amide bonds. The minimum absolute atomic E-state index is 0.111. The fourth-order valence-corrected chi connectivity index (χ4v) is 0.643. The molecule has 0 aliphatic carbocycles. The third-order valence-electron chi connectivity index (χ3n) is 1.10. The average molecular weight is 222 g/mol. The molecule has 0 saturated carbocycles. The SMILES string of the molecule is CC(O)OC(=O)COCC(=O)OCCO. The Kier molecular flexibility index (Phi) is 7.51. The van der Waals surface area contributed by atoms with E-state index in [9.17, 15) is 9.59 Å². The number of aliphatic hydroxyl groups is 2. The molecule has 0 saturated heterocycles. The smallest absolute Gasteiger partial charge is 0.334 e. The summed E-state index contributed by atoms with van der Waals surface area (Å²) in [5.74, 6) is -1.46. The van der Waals surface area contributed by atoms with Gasteiger partial charge in [0, 0.05) is 0 Å². The Morgan fingerprint density at radius 1 is 1.27 bits per heavy atom. The number of hydrogen-bond donors (Lipinski definition) is 2. The van der Waals surface area contributed by atoms with Gasteiger partial charge >= 0.3 is 11.9 Å². The molecule has 0 rings (SSSR count). The van der Waals surface area contributed by atoms with Gasteiger partial charge in [0.2, 0.25) is 0 Å². The highest BCUT2D eigenvalue weighted by molar-refractivity contribution is 5.73. The van der Waals surface area contributed by atoms with Crippen molar-refractivity contribution in [3.63, 3.8) is 0 Å². The van der Waals surface area contributed by atoms with Crippen LogP contribution in [0.4, 0.5) is 0 Å². The van der Waals surface area contributed by atoms with Gasteiger partial charge in [-0.05, 0) is 6.92 Å².